The second kappa shape index (κ2) is 4.61. The van der Waals surface area contributed by atoms with Gasteiger partial charge in [0.1, 0.15) is 5.69 Å². The van der Waals surface area contributed by atoms with Gasteiger partial charge in [0.15, 0.2) is 5.78 Å². The van der Waals surface area contributed by atoms with E-state index in [1.54, 1.807) is 12.1 Å². The summed E-state index contributed by atoms with van der Waals surface area (Å²) in [5, 5.41) is 0. The number of hydrogen-bond acceptors (Lipinski definition) is 3. The van der Waals surface area contributed by atoms with E-state index in [1.807, 2.05) is 30.3 Å². The van der Waals surface area contributed by atoms with Gasteiger partial charge in [-0.05, 0) is 23.8 Å². The molecule has 1 aromatic heterocycles. The van der Waals surface area contributed by atoms with Crippen molar-refractivity contribution in [2.45, 2.75) is 6.42 Å². The van der Waals surface area contributed by atoms with Gasteiger partial charge >= 0.3 is 0 Å². The average molecular weight is 249 g/mol. The largest absolute Gasteiger partial charge is 0.289 e. The third-order valence-electron chi connectivity index (χ3n) is 3.12. The first-order valence-electron chi connectivity index (χ1n) is 6.04. The van der Waals surface area contributed by atoms with Crippen molar-refractivity contribution in [3.63, 3.8) is 0 Å². The minimum atomic E-state index is -0.193. The highest BCUT2D eigenvalue weighted by molar-refractivity contribution is 6.23. The van der Waals surface area contributed by atoms with Crippen LogP contribution in [0, 0.1) is 0 Å². The van der Waals surface area contributed by atoms with E-state index in [9.17, 15) is 9.59 Å². The lowest BCUT2D eigenvalue weighted by atomic mass is 9.89. The number of carbonyl (C=O) groups is 2. The van der Waals surface area contributed by atoms with E-state index in [0.29, 0.717) is 17.6 Å². The zero-order chi connectivity index (χ0) is 13.2. The molecule has 0 saturated heterocycles. The molecule has 0 aliphatic heterocycles. The summed E-state index contributed by atoms with van der Waals surface area (Å²) in [6.07, 6.45) is 3.41. The molecule has 3 nitrogen and oxygen atoms in total. The van der Waals surface area contributed by atoms with E-state index in [0.717, 1.165) is 5.56 Å². The first-order chi connectivity index (χ1) is 9.25. The maximum atomic E-state index is 12.3. The number of pyridine rings is 1. The smallest absolute Gasteiger partial charge is 0.205 e. The first kappa shape index (κ1) is 11.5. The molecule has 3 heteroatoms. The maximum Gasteiger partial charge on any atom is 0.205 e. The minimum absolute atomic E-state index is 0.105. The van der Waals surface area contributed by atoms with Gasteiger partial charge in [-0.15, -0.1) is 0 Å². The van der Waals surface area contributed by atoms with Gasteiger partial charge in [0.2, 0.25) is 5.78 Å². The van der Waals surface area contributed by atoms with Gasteiger partial charge in [-0.2, -0.15) is 0 Å². The normalized spacial score (nSPS) is 14.0. The summed E-state index contributed by atoms with van der Waals surface area (Å²) in [5.74, 6) is -0.298. The van der Waals surface area contributed by atoms with E-state index in [2.05, 4.69) is 4.98 Å². The maximum absolute atomic E-state index is 12.3. The lowest BCUT2D eigenvalue weighted by molar-refractivity contribution is 0.0979. The molecule has 1 aromatic carbocycles. The number of carbonyl (C=O) groups excluding carboxylic acids is 2. The Morgan fingerprint density at radius 2 is 1.74 bits per heavy atom. The van der Waals surface area contributed by atoms with Crippen LogP contribution in [0.5, 0.6) is 0 Å². The standard InChI is InChI=1S/C16H11NO2/c18-14-10-12(9-11-5-2-1-3-6-11)16(19)13-7-4-8-17-15(13)14/h1-8,10H,9H2. The van der Waals surface area contributed by atoms with Crippen LogP contribution in [-0.2, 0) is 6.42 Å². The summed E-state index contributed by atoms with van der Waals surface area (Å²) < 4.78 is 0. The van der Waals surface area contributed by atoms with E-state index >= 15 is 0 Å². The second-order valence-corrected chi connectivity index (χ2v) is 4.42. The second-order valence-electron chi connectivity index (χ2n) is 4.42. The van der Waals surface area contributed by atoms with E-state index < -0.39 is 0 Å². The fraction of sp³-hybridized carbons (Fsp3) is 0.0625. The van der Waals surface area contributed by atoms with Crippen LogP contribution in [0.25, 0.3) is 0 Å². The highest BCUT2D eigenvalue weighted by Crippen LogP contribution is 2.21. The molecule has 1 aliphatic rings. The number of Topliss-reactive ketones (excluding diaryl/α,β-unsaturated/α-hetero) is 1. The van der Waals surface area contributed by atoms with E-state index in [-0.39, 0.29) is 17.3 Å². The summed E-state index contributed by atoms with van der Waals surface area (Å²) in [5.41, 5.74) is 2.20. The van der Waals surface area contributed by atoms with Crippen LogP contribution < -0.4 is 0 Å². The Morgan fingerprint density at radius 3 is 2.53 bits per heavy atom. The third-order valence-corrected chi connectivity index (χ3v) is 3.12. The van der Waals surface area contributed by atoms with Crippen LogP contribution >= 0.6 is 0 Å². The molecule has 0 fully saturated rings. The highest BCUT2D eigenvalue weighted by Gasteiger charge is 2.25. The Bertz CT molecular complexity index is 687. The summed E-state index contributed by atoms with van der Waals surface area (Å²) in [4.78, 5) is 28.2. The molecule has 0 atom stereocenters. The van der Waals surface area contributed by atoms with Gasteiger partial charge in [-0.25, -0.2) is 0 Å². The minimum Gasteiger partial charge on any atom is -0.289 e. The number of allylic oxidation sites excluding steroid dienone is 2. The van der Waals surface area contributed by atoms with Crippen molar-refractivity contribution in [2.75, 3.05) is 0 Å². The lowest BCUT2D eigenvalue weighted by Crippen LogP contribution is -2.19. The number of benzene rings is 1. The number of aromatic nitrogens is 1. The van der Waals surface area contributed by atoms with Crippen LogP contribution in [0.3, 0.4) is 0 Å². The number of hydrogen-bond donors (Lipinski definition) is 0. The summed E-state index contributed by atoms with van der Waals surface area (Å²) in [6, 6.07) is 13.0. The SMILES string of the molecule is O=C1C(Cc2ccccc2)=CC(=O)c2ncccc21. The summed E-state index contributed by atoms with van der Waals surface area (Å²) in [7, 11) is 0. The van der Waals surface area contributed by atoms with Crippen LogP contribution in [0.1, 0.15) is 26.4 Å². The molecule has 0 spiro atoms. The molecule has 0 bridgehead atoms. The molecule has 0 radical (unpaired) electrons. The van der Waals surface area contributed by atoms with E-state index in [4.69, 9.17) is 0 Å². The van der Waals surface area contributed by atoms with Crippen LogP contribution in [0.15, 0.2) is 60.3 Å². The Kier molecular flexibility index (Phi) is 2.80. The molecule has 0 saturated carbocycles. The molecule has 0 unspecified atom stereocenters. The van der Waals surface area contributed by atoms with Crippen molar-refractivity contribution >= 4 is 11.6 Å². The predicted octanol–water partition coefficient (Wildman–Crippen LogP) is 2.63. The van der Waals surface area contributed by atoms with Gasteiger partial charge in [0, 0.05) is 18.2 Å². The van der Waals surface area contributed by atoms with Gasteiger partial charge in [0.05, 0.1) is 5.56 Å². The Hall–Kier alpha value is -2.55. The van der Waals surface area contributed by atoms with E-state index in [1.165, 1.54) is 12.3 Å². The third kappa shape index (κ3) is 2.10. The van der Waals surface area contributed by atoms with Crippen LogP contribution in [-0.4, -0.2) is 16.6 Å². The number of ketones is 2. The van der Waals surface area contributed by atoms with Crippen molar-refractivity contribution < 1.29 is 9.59 Å². The molecule has 1 heterocycles. The molecule has 19 heavy (non-hydrogen) atoms. The fourth-order valence-electron chi connectivity index (χ4n) is 2.20. The molecular formula is C16H11NO2. The van der Waals surface area contributed by atoms with Crippen molar-refractivity contribution in [3.8, 4) is 0 Å². The lowest BCUT2D eigenvalue weighted by Gasteiger charge is -2.13. The van der Waals surface area contributed by atoms with Crippen LogP contribution in [0.2, 0.25) is 0 Å². The van der Waals surface area contributed by atoms with Crippen molar-refractivity contribution in [1.29, 1.82) is 0 Å². The van der Waals surface area contributed by atoms with Gasteiger partial charge in [-0.3, -0.25) is 14.6 Å². The Morgan fingerprint density at radius 1 is 0.947 bits per heavy atom. The number of fused-ring (bicyclic) bond motifs is 1. The number of nitrogens with zero attached hydrogens (tertiary/aromatic N) is 1. The summed E-state index contributed by atoms with van der Waals surface area (Å²) in [6.45, 7) is 0. The van der Waals surface area contributed by atoms with Crippen molar-refractivity contribution in [2.24, 2.45) is 0 Å². The Balaban J connectivity index is 1.97. The zero-order valence-corrected chi connectivity index (χ0v) is 10.2. The van der Waals surface area contributed by atoms with Gasteiger partial charge in [0.25, 0.3) is 0 Å². The van der Waals surface area contributed by atoms with Crippen LogP contribution in [0.4, 0.5) is 0 Å². The molecule has 2 aromatic rings. The van der Waals surface area contributed by atoms with Crippen molar-refractivity contribution in [3.05, 3.63) is 77.1 Å². The quantitative estimate of drug-likeness (QED) is 0.822. The van der Waals surface area contributed by atoms with Gasteiger partial charge in [-0.1, -0.05) is 30.3 Å². The zero-order valence-electron chi connectivity index (χ0n) is 10.2. The summed E-state index contributed by atoms with van der Waals surface area (Å²) >= 11 is 0. The number of rotatable bonds is 2. The molecule has 0 amide bonds. The molecule has 0 N–H and O–H groups in total. The topological polar surface area (TPSA) is 47.0 Å². The average Bonchev–Trinajstić information content (AvgIpc) is 2.46. The monoisotopic (exact) mass is 249 g/mol. The first-order valence-corrected chi connectivity index (χ1v) is 6.04. The fourth-order valence-corrected chi connectivity index (χ4v) is 2.20. The molecular weight excluding hydrogens is 238 g/mol. The Labute approximate surface area is 110 Å². The molecule has 1 aliphatic carbocycles. The molecule has 3 rings (SSSR count). The van der Waals surface area contributed by atoms with Crippen molar-refractivity contribution in [1.82, 2.24) is 4.98 Å². The highest BCUT2D eigenvalue weighted by atomic mass is 16.1. The predicted molar refractivity (Wildman–Crippen MR) is 71.1 cm³/mol. The van der Waals surface area contributed by atoms with Gasteiger partial charge < -0.3 is 0 Å². The molecule has 92 valence electrons.